The van der Waals surface area contributed by atoms with Gasteiger partial charge in [0.25, 0.3) is 0 Å². The van der Waals surface area contributed by atoms with E-state index >= 15 is 0 Å². The molecule has 1 heterocycles. The molecule has 0 aromatic carbocycles. The Hall–Kier alpha value is -0.610. The van der Waals surface area contributed by atoms with Crippen LogP contribution in [0.25, 0.3) is 0 Å². The summed E-state index contributed by atoms with van der Waals surface area (Å²) < 4.78 is 9.75. The summed E-state index contributed by atoms with van der Waals surface area (Å²) in [7, 11) is 0. The summed E-state index contributed by atoms with van der Waals surface area (Å²) in [4.78, 5) is 10.7. The topological polar surface area (TPSA) is 55.8 Å². The van der Waals surface area contributed by atoms with Gasteiger partial charge in [-0.15, -0.1) is 0 Å². The first-order valence-electron chi connectivity index (χ1n) is 3.69. The number of ether oxygens (including phenoxy) is 2. The zero-order chi connectivity index (χ0) is 8.27. The molecular formula is C7H12O4. The van der Waals surface area contributed by atoms with Crippen molar-refractivity contribution in [1.29, 1.82) is 0 Å². The lowest BCUT2D eigenvalue weighted by molar-refractivity contribution is -0.152. The Kier molecular flexibility index (Phi) is 2.84. The van der Waals surface area contributed by atoms with Gasteiger partial charge in [-0.3, -0.25) is 4.79 Å². The third-order valence-corrected chi connectivity index (χ3v) is 1.57. The number of carbonyl (C=O) groups is 1. The highest BCUT2D eigenvalue weighted by molar-refractivity contribution is 5.69. The maximum Gasteiger partial charge on any atom is 0.305 e. The van der Waals surface area contributed by atoms with Gasteiger partial charge in [0.2, 0.25) is 0 Å². The van der Waals surface area contributed by atoms with Crippen LogP contribution in [0.2, 0.25) is 0 Å². The van der Waals surface area contributed by atoms with E-state index in [0.29, 0.717) is 13.0 Å². The second kappa shape index (κ2) is 3.69. The van der Waals surface area contributed by atoms with Crippen molar-refractivity contribution >= 4 is 5.97 Å². The summed E-state index contributed by atoms with van der Waals surface area (Å²) >= 11 is 0. The minimum absolute atomic E-state index is 0.266. The fraction of sp³-hybridized carbons (Fsp3) is 0.857. The number of aliphatic hydroxyl groups is 1. The van der Waals surface area contributed by atoms with Gasteiger partial charge < -0.3 is 14.6 Å². The average Bonchev–Trinajstić information content (AvgIpc) is 2.37. The molecule has 0 bridgehead atoms. The number of aliphatic hydroxyl groups excluding tert-OH is 1. The van der Waals surface area contributed by atoms with E-state index in [1.54, 1.807) is 6.92 Å². The number of rotatable bonds is 2. The minimum Gasteiger partial charge on any atom is -0.457 e. The van der Waals surface area contributed by atoms with E-state index in [9.17, 15) is 4.79 Å². The molecule has 1 aliphatic heterocycles. The highest BCUT2D eigenvalue weighted by Gasteiger charge is 2.28. The first kappa shape index (κ1) is 8.49. The molecule has 64 valence electrons. The summed E-state index contributed by atoms with van der Waals surface area (Å²) in [5.41, 5.74) is 0. The summed E-state index contributed by atoms with van der Waals surface area (Å²) in [6.07, 6.45) is -0.767. The zero-order valence-electron chi connectivity index (χ0n) is 6.45. The molecule has 2 atom stereocenters. The van der Waals surface area contributed by atoms with Crippen molar-refractivity contribution in [2.75, 3.05) is 13.2 Å². The van der Waals surface area contributed by atoms with E-state index < -0.39 is 12.2 Å². The Labute approximate surface area is 65.1 Å². The highest BCUT2D eigenvalue weighted by atomic mass is 16.6. The van der Waals surface area contributed by atoms with Crippen molar-refractivity contribution in [3.63, 3.8) is 0 Å². The van der Waals surface area contributed by atoms with Gasteiger partial charge in [0, 0.05) is 6.42 Å². The van der Waals surface area contributed by atoms with Crippen LogP contribution in [0.5, 0.6) is 0 Å². The summed E-state index contributed by atoms with van der Waals surface area (Å²) in [6, 6.07) is 0. The Morgan fingerprint density at radius 2 is 2.45 bits per heavy atom. The van der Waals surface area contributed by atoms with Gasteiger partial charge in [-0.05, 0) is 0 Å². The Morgan fingerprint density at radius 1 is 1.73 bits per heavy atom. The molecule has 4 heteroatoms. The first-order chi connectivity index (χ1) is 5.24. The molecule has 0 amide bonds. The molecule has 4 nitrogen and oxygen atoms in total. The van der Waals surface area contributed by atoms with Gasteiger partial charge >= 0.3 is 5.97 Å². The molecule has 0 radical (unpaired) electrons. The molecule has 0 aliphatic carbocycles. The molecule has 1 aliphatic rings. The lowest BCUT2D eigenvalue weighted by atomic mass is 10.2. The largest absolute Gasteiger partial charge is 0.457 e. The smallest absolute Gasteiger partial charge is 0.305 e. The fourth-order valence-corrected chi connectivity index (χ4v) is 0.888. The number of hydrogen-bond donors (Lipinski definition) is 1. The SMILES string of the molecule is CCC(=O)O[C@H]1COC[C@H]1O. The standard InChI is InChI=1S/C7H12O4/c1-2-7(9)11-6-4-10-3-5(6)8/h5-6,8H,2-4H2,1H3/t5-,6+/m1/s1. The molecule has 0 saturated carbocycles. The maximum absolute atomic E-state index is 10.7. The van der Waals surface area contributed by atoms with Gasteiger partial charge in [-0.25, -0.2) is 0 Å². The van der Waals surface area contributed by atoms with Crippen LogP contribution in [0.1, 0.15) is 13.3 Å². The number of hydrogen-bond acceptors (Lipinski definition) is 4. The van der Waals surface area contributed by atoms with Crippen molar-refractivity contribution in [3.05, 3.63) is 0 Å². The second-order valence-corrected chi connectivity index (χ2v) is 2.49. The molecule has 0 spiro atoms. The average molecular weight is 160 g/mol. The summed E-state index contributed by atoms with van der Waals surface area (Å²) in [5, 5.41) is 9.13. The fourth-order valence-electron chi connectivity index (χ4n) is 0.888. The van der Waals surface area contributed by atoms with Crippen LogP contribution in [-0.4, -0.2) is 36.5 Å². The van der Waals surface area contributed by atoms with Gasteiger partial charge in [-0.2, -0.15) is 0 Å². The molecule has 1 fully saturated rings. The second-order valence-electron chi connectivity index (χ2n) is 2.49. The van der Waals surface area contributed by atoms with E-state index in [1.807, 2.05) is 0 Å². The normalized spacial score (nSPS) is 30.4. The maximum atomic E-state index is 10.7. The Morgan fingerprint density at radius 3 is 2.91 bits per heavy atom. The Balaban J connectivity index is 2.30. The van der Waals surface area contributed by atoms with Gasteiger partial charge in [0.1, 0.15) is 6.10 Å². The summed E-state index contributed by atoms with van der Waals surface area (Å²) in [6.45, 7) is 2.29. The molecule has 1 saturated heterocycles. The van der Waals surface area contributed by atoms with Crippen molar-refractivity contribution < 1.29 is 19.4 Å². The van der Waals surface area contributed by atoms with Crippen molar-refractivity contribution in [2.45, 2.75) is 25.6 Å². The van der Waals surface area contributed by atoms with Gasteiger partial charge in [-0.1, -0.05) is 6.92 Å². The van der Waals surface area contributed by atoms with Crippen LogP contribution < -0.4 is 0 Å². The van der Waals surface area contributed by atoms with Crippen LogP contribution >= 0.6 is 0 Å². The number of carbonyl (C=O) groups excluding carboxylic acids is 1. The van der Waals surface area contributed by atoms with Gasteiger partial charge in [0.05, 0.1) is 13.2 Å². The lowest BCUT2D eigenvalue weighted by Gasteiger charge is -2.12. The molecule has 11 heavy (non-hydrogen) atoms. The van der Waals surface area contributed by atoms with Crippen LogP contribution in [0.3, 0.4) is 0 Å². The van der Waals surface area contributed by atoms with Gasteiger partial charge in [0.15, 0.2) is 6.10 Å². The summed E-state index contributed by atoms with van der Waals surface area (Å²) in [5.74, 6) is -0.292. The zero-order valence-corrected chi connectivity index (χ0v) is 6.45. The highest BCUT2D eigenvalue weighted by Crippen LogP contribution is 2.09. The number of esters is 1. The van der Waals surface area contributed by atoms with Crippen LogP contribution in [-0.2, 0) is 14.3 Å². The third-order valence-electron chi connectivity index (χ3n) is 1.57. The first-order valence-corrected chi connectivity index (χ1v) is 3.69. The van der Waals surface area contributed by atoms with E-state index in [4.69, 9.17) is 14.6 Å². The molecule has 1 N–H and O–H groups in total. The molecule has 1 rings (SSSR count). The monoisotopic (exact) mass is 160 g/mol. The van der Waals surface area contributed by atoms with Crippen molar-refractivity contribution in [1.82, 2.24) is 0 Å². The predicted octanol–water partition coefficient (Wildman–Crippen LogP) is -0.301. The van der Waals surface area contributed by atoms with E-state index in [1.165, 1.54) is 0 Å². The predicted molar refractivity (Wildman–Crippen MR) is 37.0 cm³/mol. The van der Waals surface area contributed by atoms with Crippen LogP contribution in [0.4, 0.5) is 0 Å². The third kappa shape index (κ3) is 2.17. The quantitative estimate of drug-likeness (QED) is 0.563. The molecular weight excluding hydrogens is 148 g/mol. The van der Waals surface area contributed by atoms with Crippen molar-refractivity contribution in [2.24, 2.45) is 0 Å². The van der Waals surface area contributed by atoms with E-state index in [2.05, 4.69) is 0 Å². The van der Waals surface area contributed by atoms with E-state index in [0.717, 1.165) is 0 Å². The van der Waals surface area contributed by atoms with E-state index in [-0.39, 0.29) is 12.6 Å². The molecule has 0 unspecified atom stereocenters. The van der Waals surface area contributed by atoms with Crippen LogP contribution in [0.15, 0.2) is 0 Å². The molecule has 0 aromatic heterocycles. The Bertz CT molecular complexity index is 145. The van der Waals surface area contributed by atoms with Crippen LogP contribution in [0, 0.1) is 0 Å². The van der Waals surface area contributed by atoms with Crippen molar-refractivity contribution in [3.8, 4) is 0 Å². The molecule has 0 aromatic rings. The minimum atomic E-state index is -0.648. The lowest BCUT2D eigenvalue weighted by Crippen LogP contribution is -2.29.